The Labute approximate surface area is 129 Å². The number of nitrogens with two attached hydrogens (primary N) is 1. The van der Waals surface area contributed by atoms with Crippen LogP contribution >= 0.6 is 22.7 Å². The first-order chi connectivity index (χ1) is 10.2. The molecule has 21 heavy (non-hydrogen) atoms. The molecule has 0 aliphatic rings. The van der Waals surface area contributed by atoms with Gasteiger partial charge in [0.2, 0.25) is 5.78 Å². The van der Waals surface area contributed by atoms with Crippen LogP contribution in [0.15, 0.2) is 36.9 Å². The molecule has 3 rings (SSSR count). The molecule has 0 unspecified atom stereocenters. The zero-order valence-corrected chi connectivity index (χ0v) is 12.6. The predicted molar refractivity (Wildman–Crippen MR) is 88.3 cm³/mol. The van der Waals surface area contributed by atoms with Crippen LogP contribution in [0.25, 0.3) is 10.2 Å². The number of para-hydroxylation sites is 1. The summed E-state index contributed by atoms with van der Waals surface area (Å²) in [5.74, 6) is 0.0497. The summed E-state index contributed by atoms with van der Waals surface area (Å²) in [5, 5.41) is 4.07. The fourth-order valence-electron chi connectivity index (χ4n) is 1.80. The van der Waals surface area contributed by atoms with E-state index in [1.165, 1.54) is 22.7 Å². The first kappa shape index (κ1) is 13.7. The molecule has 2 heterocycles. The summed E-state index contributed by atoms with van der Waals surface area (Å²) in [6.07, 6.45) is 1.71. The van der Waals surface area contributed by atoms with E-state index in [1.807, 2.05) is 24.3 Å². The summed E-state index contributed by atoms with van der Waals surface area (Å²) in [6.45, 7) is 4.19. The number of anilines is 2. The average Bonchev–Trinajstić information content (AvgIpc) is 3.07. The maximum absolute atomic E-state index is 12.5. The van der Waals surface area contributed by atoms with Gasteiger partial charge in [-0.15, -0.1) is 17.9 Å². The standard InChI is InChI=1S/C14H12N4OS2/c1-2-7-16-14-18-12(15)11(21-14)10(19)13-17-8-5-3-4-6-9(8)20-13/h2-6H,1,7,15H2,(H,16,18). The third kappa shape index (κ3) is 2.65. The molecule has 3 N–H and O–H groups in total. The Kier molecular flexibility index (Phi) is 3.68. The molecule has 0 aliphatic heterocycles. The van der Waals surface area contributed by atoms with Crippen molar-refractivity contribution in [2.24, 2.45) is 0 Å². The predicted octanol–water partition coefficient (Wildman–Crippen LogP) is 3.16. The number of nitrogens with zero attached hydrogens (tertiary/aromatic N) is 2. The maximum atomic E-state index is 12.5. The molecule has 3 aromatic rings. The highest BCUT2D eigenvalue weighted by Gasteiger charge is 2.21. The minimum absolute atomic E-state index is 0.183. The highest BCUT2D eigenvalue weighted by Crippen LogP contribution is 2.30. The molecule has 1 aromatic carbocycles. The number of hydrogen-bond donors (Lipinski definition) is 2. The van der Waals surface area contributed by atoms with Gasteiger partial charge in [-0.3, -0.25) is 4.79 Å². The highest BCUT2D eigenvalue weighted by atomic mass is 32.1. The van der Waals surface area contributed by atoms with Gasteiger partial charge in [0.1, 0.15) is 10.7 Å². The quantitative estimate of drug-likeness (QED) is 0.558. The average molecular weight is 316 g/mol. The highest BCUT2D eigenvalue weighted by molar-refractivity contribution is 7.22. The number of benzene rings is 1. The van der Waals surface area contributed by atoms with Crippen LogP contribution in [-0.4, -0.2) is 22.3 Å². The van der Waals surface area contributed by atoms with E-state index < -0.39 is 0 Å². The smallest absolute Gasteiger partial charge is 0.235 e. The summed E-state index contributed by atoms with van der Waals surface area (Å²) in [7, 11) is 0. The third-order valence-corrected chi connectivity index (χ3v) is 4.81. The Hall–Kier alpha value is -2.25. The molecule has 0 saturated carbocycles. The zero-order chi connectivity index (χ0) is 14.8. The Morgan fingerprint density at radius 2 is 2.14 bits per heavy atom. The van der Waals surface area contributed by atoms with Crippen LogP contribution < -0.4 is 11.1 Å². The van der Waals surface area contributed by atoms with E-state index in [4.69, 9.17) is 5.73 Å². The van der Waals surface area contributed by atoms with Crippen LogP contribution in [-0.2, 0) is 0 Å². The largest absolute Gasteiger partial charge is 0.382 e. The Morgan fingerprint density at radius 3 is 2.90 bits per heavy atom. The molecule has 0 fully saturated rings. The number of hydrogen-bond acceptors (Lipinski definition) is 7. The van der Waals surface area contributed by atoms with Crippen molar-refractivity contribution in [2.45, 2.75) is 0 Å². The van der Waals surface area contributed by atoms with Crippen molar-refractivity contribution >= 4 is 49.6 Å². The van der Waals surface area contributed by atoms with Crippen molar-refractivity contribution in [3.05, 3.63) is 46.8 Å². The lowest BCUT2D eigenvalue weighted by atomic mass is 10.3. The number of thiazole rings is 2. The number of ketones is 1. The molecule has 5 nitrogen and oxygen atoms in total. The van der Waals surface area contributed by atoms with Gasteiger partial charge < -0.3 is 11.1 Å². The lowest BCUT2D eigenvalue weighted by molar-refractivity contribution is 0.104. The van der Waals surface area contributed by atoms with E-state index in [2.05, 4.69) is 21.9 Å². The van der Waals surface area contributed by atoms with E-state index in [0.717, 1.165) is 10.2 Å². The molecule has 7 heteroatoms. The number of aromatic nitrogens is 2. The molecule has 0 bridgehead atoms. The fourth-order valence-corrected chi connectivity index (χ4v) is 3.61. The Morgan fingerprint density at radius 1 is 1.33 bits per heavy atom. The van der Waals surface area contributed by atoms with Crippen LogP contribution in [0, 0.1) is 0 Å². The fraction of sp³-hybridized carbons (Fsp3) is 0.0714. The van der Waals surface area contributed by atoms with Gasteiger partial charge in [0.15, 0.2) is 10.1 Å². The van der Waals surface area contributed by atoms with Crippen molar-refractivity contribution in [3.63, 3.8) is 0 Å². The SMILES string of the molecule is C=CCNc1nc(N)c(C(=O)c2nc3ccccc3s2)s1. The normalized spacial score (nSPS) is 10.7. The van der Waals surface area contributed by atoms with Crippen LogP contribution in [0.2, 0.25) is 0 Å². The van der Waals surface area contributed by atoms with E-state index in [0.29, 0.717) is 21.6 Å². The third-order valence-electron chi connectivity index (χ3n) is 2.75. The van der Waals surface area contributed by atoms with Crippen LogP contribution in [0.1, 0.15) is 14.7 Å². The second-order valence-electron chi connectivity index (χ2n) is 4.22. The molecular weight excluding hydrogens is 304 g/mol. The van der Waals surface area contributed by atoms with Gasteiger partial charge in [0.05, 0.1) is 10.2 Å². The molecule has 0 amide bonds. The number of nitrogen functional groups attached to an aromatic ring is 1. The maximum Gasteiger partial charge on any atom is 0.235 e. The van der Waals surface area contributed by atoms with Crippen molar-refractivity contribution in [3.8, 4) is 0 Å². The summed E-state index contributed by atoms with van der Waals surface area (Å²) >= 11 is 2.60. The molecule has 0 aliphatic carbocycles. The van der Waals surface area contributed by atoms with E-state index in [-0.39, 0.29) is 11.6 Å². The molecule has 0 saturated heterocycles. The van der Waals surface area contributed by atoms with Gasteiger partial charge in [-0.25, -0.2) is 9.97 Å². The van der Waals surface area contributed by atoms with Gasteiger partial charge in [0.25, 0.3) is 0 Å². The van der Waals surface area contributed by atoms with Gasteiger partial charge in [-0.05, 0) is 12.1 Å². The number of rotatable bonds is 5. The second-order valence-corrected chi connectivity index (χ2v) is 6.25. The number of carbonyl (C=O) groups excluding carboxylic acids is 1. The second kappa shape index (κ2) is 5.63. The van der Waals surface area contributed by atoms with Crippen molar-refractivity contribution < 1.29 is 4.79 Å². The Balaban J connectivity index is 1.94. The van der Waals surface area contributed by atoms with E-state index >= 15 is 0 Å². The summed E-state index contributed by atoms with van der Waals surface area (Å²) in [6, 6.07) is 7.65. The topological polar surface area (TPSA) is 80.9 Å². The van der Waals surface area contributed by atoms with Crippen LogP contribution in [0.5, 0.6) is 0 Å². The van der Waals surface area contributed by atoms with Gasteiger partial charge in [0, 0.05) is 6.54 Å². The zero-order valence-electron chi connectivity index (χ0n) is 11.0. The molecule has 106 valence electrons. The monoisotopic (exact) mass is 316 g/mol. The molecule has 0 atom stereocenters. The van der Waals surface area contributed by atoms with Crippen LogP contribution in [0.4, 0.5) is 10.9 Å². The van der Waals surface area contributed by atoms with Gasteiger partial charge in [-0.1, -0.05) is 29.5 Å². The number of carbonyl (C=O) groups is 1. The molecule has 2 aromatic heterocycles. The van der Waals surface area contributed by atoms with Crippen molar-refractivity contribution in [1.29, 1.82) is 0 Å². The Bertz CT molecular complexity index is 788. The van der Waals surface area contributed by atoms with Crippen molar-refractivity contribution in [1.82, 2.24) is 9.97 Å². The van der Waals surface area contributed by atoms with Crippen molar-refractivity contribution in [2.75, 3.05) is 17.6 Å². The van der Waals surface area contributed by atoms with E-state index in [1.54, 1.807) is 6.08 Å². The summed E-state index contributed by atoms with van der Waals surface area (Å²) in [5.41, 5.74) is 6.65. The molecule has 0 spiro atoms. The minimum Gasteiger partial charge on any atom is -0.382 e. The van der Waals surface area contributed by atoms with Crippen LogP contribution in [0.3, 0.4) is 0 Å². The number of nitrogens with one attached hydrogen (secondary N) is 1. The first-order valence-electron chi connectivity index (χ1n) is 6.20. The summed E-state index contributed by atoms with van der Waals surface area (Å²) < 4.78 is 0.981. The number of fused-ring (bicyclic) bond motifs is 1. The lowest BCUT2D eigenvalue weighted by Crippen LogP contribution is -2.01. The van der Waals surface area contributed by atoms with E-state index in [9.17, 15) is 4.79 Å². The van der Waals surface area contributed by atoms with Gasteiger partial charge in [-0.2, -0.15) is 0 Å². The van der Waals surface area contributed by atoms with Gasteiger partial charge >= 0.3 is 0 Å². The molecular formula is C14H12N4OS2. The molecule has 0 radical (unpaired) electrons. The summed E-state index contributed by atoms with van der Waals surface area (Å²) in [4.78, 5) is 21.4. The first-order valence-corrected chi connectivity index (χ1v) is 7.83. The lowest BCUT2D eigenvalue weighted by Gasteiger charge is -1.94. The minimum atomic E-state index is -0.183.